The fraction of sp³-hybridized carbons (Fsp3) is 0.512. The Kier molecular flexibility index (Phi) is 11.7. The number of pyridine rings is 2. The standard InChI is InChI=1S/C41H56N6O6Si/c1-39(2,3)36(49)46(25-29-15-12-11-14-28(29)24-45(7)38(51)53-40(4,5)6)26-34(48)44-33-20-30-21-41(22-31(30)23-43-33)32-16-13-17-42-35(32)47(37(41)50)27-52-18-19-54(8,9)10/h11-17,20,23H,18-19,21-22,24-27H2,1-10H3,(H,43,44,48). The Balaban J connectivity index is 1.29. The van der Waals surface area contributed by atoms with Crippen LogP contribution in [0.1, 0.15) is 69.4 Å². The number of nitrogens with one attached hydrogen (secondary N) is 1. The highest BCUT2D eigenvalue weighted by molar-refractivity contribution is 6.76. The Morgan fingerprint density at radius 2 is 1.61 bits per heavy atom. The number of anilines is 2. The first kappa shape index (κ1) is 40.6. The minimum Gasteiger partial charge on any atom is -0.444 e. The minimum atomic E-state index is -1.29. The highest BCUT2D eigenvalue weighted by atomic mass is 28.3. The van der Waals surface area contributed by atoms with Gasteiger partial charge in [0, 0.05) is 58.2 Å². The van der Waals surface area contributed by atoms with E-state index in [-0.39, 0.29) is 38.2 Å². The van der Waals surface area contributed by atoms with Gasteiger partial charge in [0.15, 0.2) is 0 Å². The quantitative estimate of drug-likeness (QED) is 0.163. The van der Waals surface area contributed by atoms with Crippen molar-refractivity contribution in [3.8, 4) is 0 Å². The molecule has 0 bridgehead atoms. The van der Waals surface area contributed by atoms with Crippen molar-refractivity contribution in [1.82, 2.24) is 19.8 Å². The number of hydrogen-bond acceptors (Lipinski definition) is 8. The molecule has 0 saturated heterocycles. The number of amides is 4. The van der Waals surface area contributed by atoms with Gasteiger partial charge in [-0.15, -0.1) is 0 Å². The lowest BCUT2D eigenvalue weighted by Crippen LogP contribution is -2.43. The van der Waals surface area contributed by atoms with Crippen molar-refractivity contribution in [1.29, 1.82) is 0 Å². The Labute approximate surface area is 320 Å². The number of ether oxygens (including phenoxy) is 2. The normalized spacial score (nSPS) is 16.6. The van der Waals surface area contributed by atoms with Crippen LogP contribution < -0.4 is 10.2 Å². The molecule has 1 spiro atoms. The Morgan fingerprint density at radius 3 is 2.26 bits per heavy atom. The number of nitrogens with zero attached hydrogens (tertiary/aromatic N) is 5. The van der Waals surface area contributed by atoms with Crippen molar-refractivity contribution in [3.05, 3.63) is 82.7 Å². The molecule has 0 radical (unpaired) electrons. The molecule has 0 fully saturated rings. The Morgan fingerprint density at radius 1 is 0.944 bits per heavy atom. The minimum absolute atomic E-state index is 0.0418. The molecule has 2 aromatic heterocycles. The van der Waals surface area contributed by atoms with Gasteiger partial charge in [-0.3, -0.25) is 19.3 Å². The van der Waals surface area contributed by atoms with E-state index in [9.17, 15) is 19.2 Å². The third-order valence-electron chi connectivity index (χ3n) is 9.62. The van der Waals surface area contributed by atoms with Gasteiger partial charge in [-0.05, 0) is 74.0 Å². The molecule has 2 aliphatic rings. The summed E-state index contributed by atoms with van der Waals surface area (Å²) in [6, 6.07) is 14.2. The first-order chi connectivity index (χ1) is 25.2. The van der Waals surface area contributed by atoms with Crippen LogP contribution in [0, 0.1) is 5.41 Å². The van der Waals surface area contributed by atoms with Crippen molar-refractivity contribution in [2.24, 2.45) is 5.41 Å². The summed E-state index contributed by atoms with van der Waals surface area (Å²) in [6.45, 7) is 18.8. The van der Waals surface area contributed by atoms with Crippen molar-refractivity contribution in [2.75, 3.05) is 37.1 Å². The van der Waals surface area contributed by atoms with Gasteiger partial charge in [0.1, 0.15) is 30.5 Å². The molecule has 3 heterocycles. The fourth-order valence-electron chi connectivity index (χ4n) is 6.84. The lowest BCUT2D eigenvalue weighted by atomic mass is 9.79. The molecule has 1 N–H and O–H groups in total. The van der Waals surface area contributed by atoms with Gasteiger partial charge in [0.05, 0.1) is 5.41 Å². The van der Waals surface area contributed by atoms with Crippen molar-refractivity contribution in [2.45, 2.75) is 104 Å². The summed E-state index contributed by atoms with van der Waals surface area (Å²) < 4.78 is 11.5. The van der Waals surface area contributed by atoms with E-state index in [1.165, 1.54) is 9.80 Å². The van der Waals surface area contributed by atoms with Gasteiger partial charge in [-0.2, -0.15) is 0 Å². The highest BCUT2D eigenvalue weighted by Crippen LogP contribution is 2.49. The summed E-state index contributed by atoms with van der Waals surface area (Å²) in [6.07, 6.45) is 3.89. The molecule has 1 unspecified atom stereocenters. The Hall–Kier alpha value is -4.62. The zero-order valence-corrected chi connectivity index (χ0v) is 34.5. The van der Waals surface area contributed by atoms with Crippen molar-refractivity contribution in [3.63, 3.8) is 0 Å². The summed E-state index contributed by atoms with van der Waals surface area (Å²) in [7, 11) is 0.378. The van der Waals surface area contributed by atoms with Crippen LogP contribution in [-0.4, -0.2) is 84.2 Å². The monoisotopic (exact) mass is 756 g/mol. The molecule has 12 nitrogen and oxygen atoms in total. The van der Waals surface area contributed by atoms with Crippen LogP contribution in [0.15, 0.2) is 54.9 Å². The SMILES string of the molecule is CN(Cc1ccccc1CN(CC(=O)Nc1cc2c(cn1)CC1(C2)C(=O)N(COCC[Si](C)(C)C)c2ncccc21)C(=O)C(C)(C)C)C(=O)OC(C)(C)C. The number of fused-ring (bicyclic) bond motifs is 3. The van der Waals surface area contributed by atoms with Crippen LogP contribution in [0.5, 0.6) is 0 Å². The second-order valence-electron chi connectivity index (χ2n) is 17.8. The van der Waals surface area contributed by atoms with E-state index in [1.54, 1.807) is 24.3 Å². The average Bonchev–Trinajstić information content (AvgIpc) is 3.56. The third-order valence-corrected chi connectivity index (χ3v) is 11.3. The first-order valence-electron chi connectivity index (χ1n) is 18.6. The first-order valence-corrected chi connectivity index (χ1v) is 22.3. The molecule has 13 heteroatoms. The summed E-state index contributed by atoms with van der Waals surface area (Å²) in [5.74, 6) is 0.343. The van der Waals surface area contributed by atoms with Gasteiger partial charge >= 0.3 is 6.09 Å². The number of hydrogen-bond donors (Lipinski definition) is 1. The topological polar surface area (TPSA) is 134 Å². The maximum absolute atomic E-state index is 14.2. The number of carbonyl (C=O) groups is 4. The zero-order chi connectivity index (χ0) is 39.6. The molecule has 1 aliphatic heterocycles. The molecule has 54 heavy (non-hydrogen) atoms. The van der Waals surface area contributed by atoms with Gasteiger partial charge < -0.3 is 24.6 Å². The smallest absolute Gasteiger partial charge is 0.410 e. The molecule has 3 aromatic rings. The molecule has 1 aromatic carbocycles. The third kappa shape index (κ3) is 9.54. The second-order valence-corrected chi connectivity index (χ2v) is 23.4. The van der Waals surface area contributed by atoms with Crippen LogP contribution in [0.25, 0.3) is 0 Å². The van der Waals surface area contributed by atoms with Gasteiger partial charge in [-0.1, -0.05) is 70.7 Å². The van der Waals surface area contributed by atoms with Crippen molar-refractivity contribution >= 4 is 43.5 Å². The van der Waals surface area contributed by atoms with E-state index < -0.39 is 36.5 Å². The molecule has 5 rings (SSSR count). The van der Waals surface area contributed by atoms with E-state index in [0.717, 1.165) is 33.9 Å². The summed E-state index contributed by atoms with van der Waals surface area (Å²) in [5.41, 5.74) is 2.18. The summed E-state index contributed by atoms with van der Waals surface area (Å²) in [4.78, 5) is 68.1. The summed E-state index contributed by atoms with van der Waals surface area (Å²) in [5, 5.41) is 2.90. The predicted octanol–water partition coefficient (Wildman–Crippen LogP) is 6.55. The van der Waals surface area contributed by atoms with Gasteiger partial charge in [0.2, 0.25) is 17.7 Å². The van der Waals surface area contributed by atoms with Crippen LogP contribution >= 0.6 is 0 Å². The van der Waals surface area contributed by atoms with Crippen LogP contribution in [0.3, 0.4) is 0 Å². The second kappa shape index (κ2) is 15.6. The molecule has 290 valence electrons. The Bertz CT molecular complexity index is 1900. The van der Waals surface area contributed by atoms with Crippen LogP contribution in [0.2, 0.25) is 25.7 Å². The molecule has 0 saturated carbocycles. The maximum Gasteiger partial charge on any atom is 0.410 e. The molecular weight excluding hydrogens is 701 g/mol. The molecule has 1 aliphatic carbocycles. The maximum atomic E-state index is 14.2. The fourth-order valence-corrected chi connectivity index (χ4v) is 7.60. The number of rotatable bonds is 12. The number of carbonyl (C=O) groups excluding carboxylic acids is 4. The molecular formula is C41H56N6O6Si. The van der Waals surface area contributed by atoms with E-state index in [1.807, 2.05) is 84.0 Å². The number of benzene rings is 1. The average molecular weight is 757 g/mol. The van der Waals surface area contributed by atoms with E-state index in [4.69, 9.17) is 9.47 Å². The van der Waals surface area contributed by atoms with Gasteiger partial charge in [0.25, 0.3) is 0 Å². The molecule has 4 amide bonds. The lowest BCUT2D eigenvalue weighted by molar-refractivity contribution is -0.142. The highest BCUT2D eigenvalue weighted by Gasteiger charge is 2.54. The van der Waals surface area contributed by atoms with Crippen LogP contribution in [0.4, 0.5) is 16.4 Å². The van der Waals surface area contributed by atoms with Crippen molar-refractivity contribution < 1.29 is 28.7 Å². The van der Waals surface area contributed by atoms with E-state index in [2.05, 4.69) is 34.9 Å². The van der Waals surface area contributed by atoms with E-state index in [0.29, 0.717) is 31.1 Å². The van der Waals surface area contributed by atoms with Gasteiger partial charge in [-0.25, -0.2) is 14.8 Å². The van der Waals surface area contributed by atoms with E-state index >= 15 is 0 Å². The number of aromatic nitrogens is 2. The summed E-state index contributed by atoms with van der Waals surface area (Å²) >= 11 is 0. The molecule has 1 atom stereocenters. The van der Waals surface area contributed by atoms with Crippen LogP contribution in [-0.2, 0) is 55.2 Å². The lowest BCUT2D eigenvalue weighted by Gasteiger charge is -2.30. The zero-order valence-electron chi connectivity index (χ0n) is 33.5. The predicted molar refractivity (Wildman–Crippen MR) is 212 cm³/mol. The largest absolute Gasteiger partial charge is 0.444 e.